The van der Waals surface area contributed by atoms with Crippen LogP contribution < -0.4 is 15.0 Å². The molecule has 0 saturated heterocycles. The smallest absolute Gasteiger partial charge is 0.265 e. The molecule has 2 aromatic heterocycles. The molecular weight excluding hydrogens is 472 g/mol. The third-order valence-electron chi connectivity index (χ3n) is 6.15. The summed E-state index contributed by atoms with van der Waals surface area (Å²) in [5.41, 5.74) is 5.97. The SMILES string of the molecule is CCc1cccc(CC)c1NC(=O)CN1C(=O)COc2ccc(-c3csc(-c4ccccn4)n3)cc21. The Balaban J connectivity index is 1.41. The van der Waals surface area contributed by atoms with E-state index in [0.29, 0.717) is 11.4 Å². The molecule has 3 heterocycles. The molecule has 2 aromatic carbocycles. The summed E-state index contributed by atoms with van der Waals surface area (Å²) in [7, 11) is 0. The summed E-state index contributed by atoms with van der Waals surface area (Å²) in [5, 5.41) is 5.83. The topological polar surface area (TPSA) is 84.4 Å². The third kappa shape index (κ3) is 4.72. The number of pyridine rings is 1. The van der Waals surface area contributed by atoms with E-state index in [4.69, 9.17) is 9.72 Å². The van der Waals surface area contributed by atoms with Crippen LogP contribution in [0.5, 0.6) is 5.75 Å². The van der Waals surface area contributed by atoms with Crippen molar-refractivity contribution in [2.75, 3.05) is 23.4 Å². The van der Waals surface area contributed by atoms with Gasteiger partial charge in [0.05, 0.1) is 17.1 Å². The molecule has 2 amide bonds. The fraction of sp³-hybridized carbons (Fsp3) is 0.214. The number of thiazole rings is 1. The molecule has 182 valence electrons. The molecule has 4 aromatic rings. The van der Waals surface area contributed by atoms with Gasteiger partial charge in [0.2, 0.25) is 5.91 Å². The molecule has 0 bridgehead atoms. The van der Waals surface area contributed by atoms with E-state index >= 15 is 0 Å². The maximum absolute atomic E-state index is 13.1. The lowest BCUT2D eigenvalue weighted by Crippen LogP contribution is -2.43. The summed E-state index contributed by atoms with van der Waals surface area (Å²) in [6.45, 7) is 3.92. The van der Waals surface area contributed by atoms with Gasteiger partial charge in [0, 0.05) is 22.8 Å². The number of hydrogen-bond donors (Lipinski definition) is 1. The number of para-hydroxylation sites is 1. The van der Waals surface area contributed by atoms with E-state index in [-0.39, 0.29) is 25.0 Å². The predicted octanol–water partition coefficient (Wildman–Crippen LogP) is 5.36. The molecule has 0 radical (unpaired) electrons. The van der Waals surface area contributed by atoms with Gasteiger partial charge in [0.1, 0.15) is 17.3 Å². The lowest BCUT2D eigenvalue weighted by atomic mass is 10.0. The number of benzene rings is 2. The van der Waals surface area contributed by atoms with Gasteiger partial charge in [0.25, 0.3) is 5.91 Å². The molecule has 0 unspecified atom stereocenters. The van der Waals surface area contributed by atoms with Crippen molar-refractivity contribution < 1.29 is 14.3 Å². The van der Waals surface area contributed by atoms with E-state index in [9.17, 15) is 9.59 Å². The molecule has 1 aliphatic heterocycles. The highest BCUT2D eigenvalue weighted by molar-refractivity contribution is 7.13. The Kier molecular flexibility index (Phi) is 6.77. The second-order valence-corrected chi connectivity index (χ2v) is 9.27. The van der Waals surface area contributed by atoms with E-state index in [1.807, 2.05) is 60.0 Å². The number of amides is 2. The summed E-state index contributed by atoms with van der Waals surface area (Å²) >= 11 is 1.51. The molecule has 1 N–H and O–H groups in total. The van der Waals surface area contributed by atoms with E-state index in [1.54, 1.807) is 6.20 Å². The van der Waals surface area contributed by atoms with Gasteiger partial charge >= 0.3 is 0 Å². The number of carbonyl (C=O) groups is 2. The lowest BCUT2D eigenvalue weighted by molar-refractivity contribution is -0.123. The van der Waals surface area contributed by atoms with Crippen LogP contribution in [0.4, 0.5) is 11.4 Å². The summed E-state index contributed by atoms with van der Waals surface area (Å²) < 4.78 is 5.65. The summed E-state index contributed by atoms with van der Waals surface area (Å²) in [6.07, 6.45) is 3.35. The normalized spacial score (nSPS) is 12.7. The molecule has 1 aliphatic rings. The second kappa shape index (κ2) is 10.3. The first kappa shape index (κ1) is 23.7. The van der Waals surface area contributed by atoms with Gasteiger partial charge in [-0.25, -0.2) is 4.98 Å². The standard InChI is InChI=1S/C28H26N4O3S/c1-3-18-8-7-9-19(4-2)27(18)31-25(33)15-32-23-14-20(11-12-24(23)35-16-26(32)34)22-17-36-28(30-22)21-10-5-6-13-29-21/h5-14,17H,3-4,15-16H2,1-2H3,(H,31,33). The van der Waals surface area contributed by atoms with E-state index in [2.05, 4.69) is 24.1 Å². The molecule has 0 fully saturated rings. The van der Waals surface area contributed by atoms with Crippen molar-refractivity contribution in [3.63, 3.8) is 0 Å². The van der Waals surface area contributed by atoms with Gasteiger partial charge in [-0.2, -0.15) is 0 Å². The minimum Gasteiger partial charge on any atom is -0.482 e. The largest absolute Gasteiger partial charge is 0.482 e. The third-order valence-corrected chi connectivity index (χ3v) is 7.02. The number of carbonyl (C=O) groups excluding carboxylic acids is 2. The Bertz CT molecular complexity index is 1400. The number of anilines is 2. The number of aryl methyl sites for hydroxylation is 2. The molecule has 0 aliphatic carbocycles. The summed E-state index contributed by atoms with van der Waals surface area (Å²) in [4.78, 5) is 36.5. The highest BCUT2D eigenvalue weighted by atomic mass is 32.1. The number of ether oxygens (including phenoxy) is 1. The van der Waals surface area contributed by atoms with Crippen LogP contribution in [-0.4, -0.2) is 34.9 Å². The Hall–Kier alpha value is -4.04. The highest BCUT2D eigenvalue weighted by Gasteiger charge is 2.28. The molecular formula is C28H26N4O3S. The van der Waals surface area contributed by atoms with Crippen molar-refractivity contribution in [1.82, 2.24) is 9.97 Å². The van der Waals surface area contributed by atoms with Crippen molar-refractivity contribution >= 4 is 34.5 Å². The monoisotopic (exact) mass is 498 g/mol. The zero-order valence-electron chi connectivity index (χ0n) is 20.2. The predicted molar refractivity (Wildman–Crippen MR) is 142 cm³/mol. The van der Waals surface area contributed by atoms with Crippen molar-refractivity contribution in [2.45, 2.75) is 26.7 Å². The molecule has 0 atom stereocenters. The Morgan fingerprint density at radius 3 is 2.58 bits per heavy atom. The van der Waals surface area contributed by atoms with Crippen LogP contribution in [0.2, 0.25) is 0 Å². The van der Waals surface area contributed by atoms with Crippen molar-refractivity contribution in [2.24, 2.45) is 0 Å². The first-order chi connectivity index (χ1) is 17.6. The van der Waals surface area contributed by atoms with E-state index < -0.39 is 0 Å². The maximum Gasteiger partial charge on any atom is 0.265 e. The number of fused-ring (bicyclic) bond motifs is 1. The Labute approximate surface area is 213 Å². The minimum absolute atomic E-state index is 0.101. The second-order valence-electron chi connectivity index (χ2n) is 8.41. The van der Waals surface area contributed by atoms with Gasteiger partial charge in [-0.15, -0.1) is 11.3 Å². The zero-order valence-corrected chi connectivity index (χ0v) is 21.0. The molecule has 0 spiro atoms. The molecule has 5 rings (SSSR count). The van der Waals surface area contributed by atoms with E-state index in [1.165, 1.54) is 16.2 Å². The van der Waals surface area contributed by atoms with Crippen LogP contribution in [0.15, 0.2) is 66.2 Å². The average molecular weight is 499 g/mol. The van der Waals surface area contributed by atoms with Crippen molar-refractivity contribution in [3.8, 4) is 27.7 Å². The fourth-order valence-corrected chi connectivity index (χ4v) is 5.08. The van der Waals surface area contributed by atoms with E-state index in [0.717, 1.165) is 51.6 Å². The van der Waals surface area contributed by atoms with Gasteiger partial charge in [-0.3, -0.25) is 19.5 Å². The molecule has 7 nitrogen and oxygen atoms in total. The fourth-order valence-electron chi connectivity index (χ4n) is 4.27. The van der Waals surface area contributed by atoms with Crippen LogP contribution in [0.25, 0.3) is 22.0 Å². The zero-order chi connectivity index (χ0) is 25.1. The Morgan fingerprint density at radius 1 is 1.06 bits per heavy atom. The Morgan fingerprint density at radius 2 is 1.86 bits per heavy atom. The molecule has 0 saturated carbocycles. The number of hydrogen-bond acceptors (Lipinski definition) is 6. The number of nitrogens with one attached hydrogen (secondary N) is 1. The molecule has 36 heavy (non-hydrogen) atoms. The van der Waals surface area contributed by atoms with Crippen LogP contribution in [0, 0.1) is 0 Å². The van der Waals surface area contributed by atoms with Crippen molar-refractivity contribution in [3.05, 3.63) is 77.3 Å². The minimum atomic E-state index is -0.262. The first-order valence-electron chi connectivity index (χ1n) is 11.9. The summed E-state index contributed by atoms with van der Waals surface area (Å²) in [5.74, 6) is 0.0552. The average Bonchev–Trinajstić information content (AvgIpc) is 3.41. The highest BCUT2D eigenvalue weighted by Crippen LogP contribution is 2.37. The van der Waals surface area contributed by atoms with Gasteiger partial charge in [-0.1, -0.05) is 38.1 Å². The van der Waals surface area contributed by atoms with Crippen LogP contribution in [0.3, 0.4) is 0 Å². The summed E-state index contributed by atoms with van der Waals surface area (Å²) in [6, 6.07) is 17.3. The van der Waals surface area contributed by atoms with Gasteiger partial charge in [0.15, 0.2) is 6.61 Å². The maximum atomic E-state index is 13.1. The lowest BCUT2D eigenvalue weighted by Gasteiger charge is -2.29. The quantitative estimate of drug-likeness (QED) is 0.371. The van der Waals surface area contributed by atoms with Gasteiger partial charge < -0.3 is 10.1 Å². The number of nitrogens with zero attached hydrogens (tertiary/aromatic N) is 3. The van der Waals surface area contributed by atoms with Crippen molar-refractivity contribution in [1.29, 1.82) is 0 Å². The van der Waals surface area contributed by atoms with Crippen LogP contribution in [-0.2, 0) is 22.4 Å². The van der Waals surface area contributed by atoms with Crippen LogP contribution in [0.1, 0.15) is 25.0 Å². The van der Waals surface area contributed by atoms with Gasteiger partial charge in [-0.05, 0) is 54.3 Å². The van der Waals surface area contributed by atoms with Crippen LogP contribution >= 0.6 is 11.3 Å². The first-order valence-corrected chi connectivity index (χ1v) is 12.8. The number of aromatic nitrogens is 2. The molecule has 8 heteroatoms. The number of rotatable bonds is 7.